The maximum atomic E-state index is 14.7. The van der Waals surface area contributed by atoms with Gasteiger partial charge in [0.25, 0.3) is 11.8 Å². The molecule has 2 amide bonds. The van der Waals surface area contributed by atoms with Crippen LogP contribution in [0.25, 0.3) is 0 Å². The highest BCUT2D eigenvalue weighted by Gasteiger charge is 2.45. The van der Waals surface area contributed by atoms with E-state index in [0.29, 0.717) is 11.3 Å². The van der Waals surface area contributed by atoms with Gasteiger partial charge in [0, 0.05) is 24.0 Å². The van der Waals surface area contributed by atoms with Gasteiger partial charge < -0.3 is 15.2 Å². The fourth-order valence-corrected chi connectivity index (χ4v) is 2.62. The maximum absolute atomic E-state index is 14.7. The summed E-state index contributed by atoms with van der Waals surface area (Å²) in [6.07, 6.45) is 1.26. The number of anilines is 1. The van der Waals surface area contributed by atoms with Gasteiger partial charge in [-0.3, -0.25) is 9.59 Å². The van der Waals surface area contributed by atoms with E-state index in [-0.39, 0.29) is 12.1 Å². The summed E-state index contributed by atoms with van der Waals surface area (Å²) < 4.78 is 44.0. The number of carbonyl (C=O) groups excluding carboxylic acids is 2. The van der Waals surface area contributed by atoms with E-state index in [1.165, 1.54) is 24.4 Å². The van der Waals surface area contributed by atoms with Gasteiger partial charge >= 0.3 is 5.92 Å². The molecule has 0 aliphatic carbocycles. The highest BCUT2D eigenvalue weighted by molar-refractivity contribution is 6.04. The number of amides is 2. The molecular weight excluding hydrogens is 371 g/mol. The smallest absolute Gasteiger partial charge is 0.346 e. The Morgan fingerprint density at radius 3 is 2.32 bits per heavy atom. The molecule has 2 rings (SSSR count). The normalized spacial score (nSPS) is 12.0. The van der Waals surface area contributed by atoms with Crippen LogP contribution in [0.15, 0.2) is 30.5 Å². The van der Waals surface area contributed by atoms with Crippen molar-refractivity contribution in [3.63, 3.8) is 0 Å². The van der Waals surface area contributed by atoms with Gasteiger partial charge in [0.1, 0.15) is 5.82 Å². The third-order valence-electron chi connectivity index (χ3n) is 4.01. The number of nitrogens with zero attached hydrogens (tertiary/aromatic N) is 1. The van der Waals surface area contributed by atoms with Crippen LogP contribution < -0.4 is 10.6 Å². The molecule has 0 unspecified atom stereocenters. The van der Waals surface area contributed by atoms with Crippen molar-refractivity contribution in [2.75, 3.05) is 5.32 Å². The van der Waals surface area contributed by atoms with Crippen molar-refractivity contribution in [1.82, 2.24) is 9.88 Å². The number of aryl methyl sites for hydroxylation is 2. The third-order valence-corrected chi connectivity index (χ3v) is 4.01. The Kier molecular flexibility index (Phi) is 5.91. The van der Waals surface area contributed by atoms with Crippen molar-refractivity contribution in [3.8, 4) is 0 Å². The number of benzene rings is 1. The first kappa shape index (κ1) is 21.5. The Morgan fingerprint density at radius 1 is 1.14 bits per heavy atom. The lowest BCUT2D eigenvalue weighted by Gasteiger charge is -2.25. The van der Waals surface area contributed by atoms with E-state index in [1.807, 2.05) is 0 Å². The van der Waals surface area contributed by atoms with Gasteiger partial charge in [-0.05, 0) is 64.4 Å². The molecule has 1 heterocycles. The molecule has 0 saturated carbocycles. The molecule has 8 heteroatoms. The van der Waals surface area contributed by atoms with Crippen molar-refractivity contribution < 1.29 is 22.8 Å². The number of aromatic nitrogens is 1. The minimum absolute atomic E-state index is 0.0259. The van der Waals surface area contributed by atoms with E-state index >= 15 is 0 Å². The number of halogens is 3. The van der Waals surface area contributed by atoms with E-state index in [2.05, 4.69) is 10.6 Å². The summed E-state index contributed by atoms with van der Waals surface area (Å²) in [5.74, 6) is -6.30. The fraction of sp³-hybridized carbons (Fsp3) is 0.400. The summed E-state index contributed by atoms with van der Waals surface area (Å²) >= 11 is 0. The monoisotopic (exact) mass is 395 g/mol. The number of hydrogen-bond acceptors (Lipinski definition) is 2. The van der Waals surface area contributed by atoms with Gasteiger partial charge in [0.05, 0.1) is 11.3 Å². The summed E-state index contributed by atoms with van der Waals surface area (Å²) in [7, 11) is 0. The molecule has 2 N–H and O–H groups in total. The second-order valence-electron chi connectivity index (χ2n) is 7.60. The lowest BCUT2D eigenvalue weighted by Crippen LogP contribution is -2.48. The van der Waals surface area contributed by atoms with Gasteiger partial charge in [-0.2, -0.15) is 8.78 Å². The topological polar surface area (TPSA) is 63.1 Å². The molecule has 0 fully saturated rings. The van der Waals surface area contributed by atoms with Crippen LogP contribution in [0.3, 0.4) is 0 Å². The second kappa shape index (κ2) is 7.69. The van der Waals surface area contributed by atoms with E-state index in [9.17, 15) is 22.8 Å². The molecule has 0 aliphatic rings. The zero-order valence-corrected chi connectivity index (χ0v) is 16.5. The molecule has 28 heavy (non-hydrogen) atoms. The summed E-state index contributed by atoms with van der Waals surface area (Å²) in [4.78, 5) is 24.5. The quantitative estimate of drug-likeness (QED) is 0.797. The van der Waals surface area contributed by atoms with Gasteiger partial charge in [0.15, 0.2) is 0 Å². The molecule has 0 radical (unpaired) electrons. The Hall–Kier alpha value is -2.77. The highest BCUT2D eigenvalue weighted by Crippen LogP contribution is 2.31. The van der Waals surface area contributed by atoms with E-state index in [4.69, 9.17) is 0 Å². The Morgan fingerprint density at radius 2 is 1.79 bits per heavy atom. The first-order valence-electron chi connectivity index (χ1n) is 8.83. The van der Waals surface area contributed by atoms with Crippen molar-refractivity contribution in [2.45, 2.75) is 52.6 Å². The van der Waals surface area contributed by atoms with Crippen molar-refractivity contribution in [3.05, 3.63) is 53.1 Å². The lowest BCUT2D eigenvalue weighted by atomic mass is 10.1. The van der Waals surface area contributed by atoms with Gasteiger partial charge in [-0.1, -0.05) is 0 Å². The molecular formula is C20H24F3N3O2. The average Bonchev–Trinajstić information content (AvgIpc) is 3.02. The molecule has 2 aromatic rings. The number of alkyl halides is 2. The fourth-order valence-electron chi connectivity index (χ4n) is 2.62. The van der Waals surface area contributed by atoms with Crippen LogP contribution in [0.5, 0.6) is 0 Å². The van der Waals surface area contributed by atoms with Crippen LogP contribution in [0.2, 0.25) is 0 Å². The lowest BCUT2D eigenvalue weighted by molar-refractivity contribution is -0.149. The first-order chi connectivity index (χ1) is 12.8. The van der Waals surface area contributed by atoms with Crippen LogP contribution in [0.4, 0.5) is 18.9 Å². The SMILES string of the molecule is CCn1cc(C(=O)Nc2ccc(F)c(C)c2)cc1C(F)(F)C(=O)NC(C)(C)C. The van der Waals surface area contributed by atoms with E-state index in [1.54, 1.807) is 34.6 Å². The van der Waals surface area contributed by atoms with Crippen molar-refractivity contribution >= 4 is 17.5 Å². The molecule has 152 valence electrons. The molecule has 0 bridgehead atoms. The number of hydrogen-bond donors (Lipinski definition) is 2. The van der Waals surface area contributed by atoms with Gasteiger partial charge in [-0.25, -0.2) is 4.39 Å². The average molecular weight is 395 g/mol. The van der Waals surface area contributed by atoms with E-state index in [0.717, 1.165) is 10.6 Å². The summed E-state index contributed by atoms with van der Waals surface area (Å²) in [6, 6.07) is 5.02. The molecule has 0 spiro atoms. The zero-order chi connectivity index (χ0) is 21.3. The molecule has 1 aromatic heterocycles. The highest BCUT2D eigenvalue weighted by atomic mass is 19.3. The molecule has 1 aromatic carbocycles. The summed E-state index contributed by atoms with van der Waals surface area (Å²) in [5, 5.41) is 4.81. The number of carbonyl (C=O) groups is 2. The Balaban J connectivity index is 2.31. The largest absolute Gasteiger partial charge is 0.364 e. The molecule has 0 atom stereocenters. The minimum atomic E-state index is -3.81. The van der Waals surface area contributed by atoms with Crippen LogP contribution in [0, 0.1) is 12.7 Å². The van der Waals surface area contributed by atoms with Crippen LogP contribution in [-0.2, 0) is 17.3 Å². The predicted octanol–water partition coefficient (Wildman–Crippen LogP) is 4.21. The molecule has 0 aliphatic heterocycles. The Bertz CT molecular complexity index is 899. The molecule has 5 nitrogen and oxygen atoms in total. The Labute approximate surface area is 161 Å². The van der Waals surface area contributed by atoms with Crippen LogP contribution in [-0.4, -0.2) is 21.9 Å². The predicted molar refractivity (Wildman–Crippen MR) is 101 cm³/mol. The third kappa shape index (κ3) is 4.74. The number of rotatable bonds is 5. The van der Waals surface area contributed by atoms with Gasteiger partial charge in [0.2, 0.25) is 0 Å². The summed E-state index contributed by atoms with van der Waals surface area (Å²) in [5.41, 5.74) is -0.744. The van der Waals surface area contributed by atoms with E-state index < -0.39 is 34.8 Å². The zero-order valence-electron chi connectivity index (χ0n) is 16.5. The van der Waals surface area contributed by atoms with Crippen LogP contribution >= 0.6 is 0 Å². The van der Waals surface area contributed by atoms with Crippen molar-refractivity contribution in [2.24, 2.45) is 0 Å². The molecule has 0 saturated heterocycles. The standard InChI is InChI=1S/C20H24F3N3O2/c1-6-26-11-13(17(27)24-14-7-8-15(21)12(2)9-14)10-16(26)20(22,23)18(28)25-19(3,4)5/h7-11H,6H2,1-5H3,(H,24,27)(H,25,28). The first-order valence-corrected chi connectivity index (χ1v) is 8.83. The maximum Gasteiger partial charge on any atom is 0.364 e. The number of nitrogens with one attached hydrogen (secondary N) is 2. The second-order valence-corrected chi connectivity index (χ2v) is 7.60. The minimum Gasteiger partial charge on any atom is -0.346 e. The van der Waals surface area contributed by atoms with Crippen molar-refractivity contribution in [1.29, 1.82) is 0 Å². The summed E-state index contributed by atoms with van der Waals surface area (Å²) in [6.45, 7) is 8.13. The van der Waals surface area contributed by atoms with Gasteiger partial charge in [-0.15, -0.1) is 0 Å². The van der Waals surface area contributed by atoms with Crippen LogP contribution in [0.1, 0.15) is 49.3 Å².